The molecule has 0 spiro atoms. The lowest BCUT2D eigenvalue weighted by Crippen LogP contribution is -2.38. The maximum Gasteiger partial charge on any atom is 0.211 e. The maximum atomic E-state index is 11.5. The van der Waals surface area contributed by atoms with Crippen molar-refractivity contribution in [2.75, 3.05) is 5.75 Å². The van der Waals surface area contributed by atoms with E-state index in [-0.39, 0.29) is 11.8 Å². The average molecular weight is 233 g/mol. The molecule has 0 heterocycles. The highest BCUT2D eigenvalue weighted by Gasteiger charge is 2.23. The Hall–Kier alpha value is -0.0900. The third kappa shape index (κ3) is 4.51. The fourth-order valence-electron chi connectivity index (χ4n) is 2.27. The molecule has 0 aromatic rings. The lowest BCUT2D eigenvalue weighted by Gasteiger charge is -2.28. The third-order valence-electron chi connectivity index (χ3n) is 3.24. The molecular weight excluding hydrogens is 210 g/mol. The van der Waals surface area contributed by atoms with Gasteiger partial charge >= 0.3 is 0 Å². The second-order valence-electron chi connectivity index (χ2n) is 4.56. The van der Waals surface area contributed by atoms with Gasteiger partial charge in [-0.25, -0.2) is 13.1 Å². The predicted octanol–water partition coefficient (Wildman–Crippen LogP) is 2.28. The monoisotopic (exact) mass is 233 g/mol. The Balaban J connectivity index is 2.35. The molecule has 1 aliphatic carbocycles. The zero-order valence-electron chi connectivity index (χ0n) is 9.83. The topological polar surface area (TPSA) is 46.2 Å². The number of hydrogen-bond donors (Lipinski definition) is 1. The van der Waals surface area contributed by atoms with Crippen molar-refractivity contribution in [2.24, 2.45) is 5.92 Å². The Morgan fingerprint density at radius 1 is 1.13 bits per heavy atom. The molecular formula is C11H23NO2S. The van der Waals surface area contributed by atoms with E-state index in [9.17, 15) is 8.42 Å². The van der Waals surface area contributed by atoms with Gasteiger partial charge in [-0.1, -0.05) is 20.3 Å². The fraction of sp³-hybridized carbons (Fsp3) is 1.00. The van der Waals surface area contributed by atoms with E-state index < -0.39 is 10.0 Å². The van der Waals surface area contributed by atoms with E-state index in [1.54, 1.807) is 0 Å². The number of nitrogens with one attached hydrogen (secondary N) is 1. The largest absolute Gasteiger partial charge is 0.212 e. The van der Waals surface area contributed by atoms with E-state index in [2.05, 4.69) is 11.6 Å². The van der Waals surface area contributed by atoms with Crippen molar-refractivity contribution in [1.29, 1.82) is 0 Å². The molecule has 1 aliphatic rings. The molecule has 0 aromatic carbocycles. The molecule has 0 radical (unpaired) electrons. The van der Waals surface area contributed by atoms with Gasteiger partial charge in [0.1, 0.15) is 0 Å². The Labute approximate surface area is 93.7 Å². The minimum atomic E-state index is -3.01. The second kappa shape index (κ2) is 5.85. The second-order valence-corrected chi connectivity index (χ2v) is 6.44. The fourth-order valence-corrected chi connectivity index (χ4v) is 3.67. The van der Waals surface area contributed by atoms with Crippen LogP contribution in [0.3, 0.4) is 0 Å². The van der Waals surface area contributed by atoms with Crippen molar-refractivity contribution in [3.8, 4) is 0 Å². The van der Waals surface area contributed by atoms with Gasteiger partial charge in [-0.05, 0) is 38.0 Å². The molecule has 0 aromatic heterocycles. The van der Waals surface area contributed by atoms with Crippen LogP contribution in [0, 0.1) is 5.92 Å². The maximum absolute atomic E-state index is 11.5. The molecule has 0 saturated heterocycles. The van der Waals surface area contributed by atoms with Crippen LogP contribution in [0.25, 0.3) is 0 Å². The number of sulfonamides is 1. The van der Waals surface area contributed by atoms with Crippen molar-refractivity contribution < 1.29 is 8.42 Å². The summed E-state index contributed by atoms with van der Waals surface area (Å²) in [4.78, 5) is 0. The molecule has 0 amide bonds. The Kier molecular flexibility index (Phi) is 5.06. The summed E-state index contributed by atoms with van der Waals surface area (Å²) in [5, 5.41) is 0. The molecule has 0 unspecified atom stereocenters. The molecule has 1 rings (SSSR count). The number of rotatable bonds is 5. The van der Waals surface area contributed by atoms with Crippen LogP contribution in [0.15, 0.2) is 0 Å². The summed E-state index contributed by atoms with van der Waals surface area (Å²) in [5.41, 5.74) is 0. The van der Waals surface area contributed by atoms with Crippen LogP contribution in [0.1, 0.15) is 52.4 Å². The van der Waals surface area contributed by atoms with Crippen molar-refractivity contribution in [3.05, 3.63) is 0 Å². The van der Waals surface area contributed by atoms with Crippen molar-refractivity contribution in [3.63, 3.8) is 0 Å². The summed E-state index contributed by atoms with van der Waals surface area (Å²) in [6, 6.07) is 0.198. The highest BCUT2D eigenvalue weighted by Crippen LogP contribution is 2.26. The van der Waals surface area contributed by atoms with E-state index in [4.69, 9.17) is 0 Å². The van der Waals surface area contributed by atoms with Gasteiger partial charge in [0.05, 0.1) is 5.75 Å². The standard InChI is InChI=1S/C11H23NO2S/c1-3-9-15(13,14)12-11-7-5-10(4-2)6-8-11/h10-12H,3-9H2,1-2H3. The van der Waals surface area contributed by atoms with E-state index in [1.165, 1.54) is 19.3 Å². The Bertz CT molecular complexity index is 266. The van der Waals surface area contributed by atoms with Crippen molar-refractivity contribution in [1.82, 2.24) is 4.72 Å². The first-order valence-electron chi connectivity index (χ1n) is 6.07. The molecule has 15 heavy (non-hydrogen) atoms. The first-order chi connectivity index (χ1) is 7.07. The Morgan fingerprint density at radius 2 is 1.73 bits per heavy atom. The van der Waals surface area contributed by atoms with Gasteiger partial charge in [0, 0.05) is 6.04 Å². The SMILES string of the molecule is CCCS(=O)(=O)NC1CCC(CC)CC1. The molecule has 4 heteroatoms. The highest BCUT2D eigenvalue weighted by atomic mass is 32.2. The van der Waals surface area contributed by atoms with Gasteiger partial charge in [-0.3, -0.25) is 0 Å². The predicted molar refractivity (Wildman–Crippen MR) is 63.3 cm³/mol. The smallest absolute Gasteiger partial charge is 0.211 e. The number of hydrogen-bond acceptors (Lipinski definition) is 2. The lowest BCUT2D eigenvalue weighted by molar-refractivity contribution is 0.306. The van der Waals surface area contributed by atoms with Gasteiger partial charge < -0.3 is 0 Å². The van der Waals surface area contributed by atoms with Crippen LogP contribution in [-0.4, -0.2) is 20.2 Å². The average Bonchev–Trinajstić information content (AvgIpc) is 2.18. The summed E-state index contributed by atoms with van der Waals surface area (Å²) in [6.07, 6.45) is 6.31. The molecule has 3 nitrogen and oxygen atoms in total. The van der Waals surface area contributed by atoms with Gasteiger partial charge in [0.15, 0.2) is 0 Å². The summed E-state index contributed by atoms with van der Waals surface area (Å²) in [6.45, 7) is 4.11. The van der Waals surface area contributed by atoms with Crippen molar-refractivity contribution >= 4 is 10.0 Å². The molecule has 0 atom stereocenters. The summed E-state index contributed by atoms with van der Waals surface area (Å²) >= 11 is 0. The molecule has 1 saturated carbocycles. The van der Waals surface area contributed by atoms with Crippen LogP contribution >= 0.6 is 0 Å². The van der Waals surface area contributed by atoms with Crippen LogP contribution in [0.5, 0.6) is 0 Å². The molecule has 1 fully saturated rings. The zero-order chi connectivity index (χ0) is 11.3. The van der Waals surface area contributed by atoms with Crippen LogP contribution in [-0.2, 0) is 10.0 Å². The third-order valence-corrected chi connectivity index (χ3v) is 4.88. The van der Waals surface area contributed by atoms with Gasteiger partial charge in [-0.2, -0.15) is 0 Å². The molecule has 1 N–H and O–H groups in total. The van der Waals surface area contributed by atoms with Crippen LogP contribution < -0.4 is 4.72 Å². The summed E-state index contributed by atoms with van der Waals surface area (Å²) in [5.74, 6) is 1.08. The lowest BCUT2D eigenvalue weighted by atomic mass is 9.85. The molecule has 0 aliphatic heterocycles. The minimum Gasteiger partial charge on any atom is -0.212 e. The van der Waals surface area contributed by atoms with Crippen LogP contribution in [0.2, 0.25) is 0 Å². The Morgan fingerprint density at radius 3 is 2.20 bits per heavy atom. The van der Waals surface area contributed by atoms with E-state index in [1.807, 2.05) is 6.92 Å². The van der Waals surface area contributed by atoms with Crippen molar-refractivity contribution in [2.45, 2.75) is 58.4 Å². The summed E-state index contributed by atoms with van der Waals surface area (Å²) in [7, 11) is -3.01. The minimum absolute atomic E-state index is 0.198. The van der Waals surface area contributed by atoms with E-state index >= 15 is 0 Å². The summed E-state index contributed by atoms with van der Waals surface area (Å²) < 4.78 is 25.9. The van der Waals surface area contributed by atoms with Crippen LogP contribution in [0.4, 0.5) is 0 Å². The highest BCUT2D eigenvalue weighted by molar-refractivity contribution is 7.89. The quantitative estimate of drug-likeness (QED) is 0.792. The van der Waals surface area contributed by atoms with E-state index in [0.717, 1.165) is 18.8 Å². The van der Waals surface area contributed by atoms with Gasteiger partial charge in [0.2, 0.25) is 10.0 Å². The zero-order valence-corrected chi connectivity index (χ0v) is 10.6. The molecule has 0 bridgehead atoms. The molecule has 90 valence electrons. The van der Waals surface area contributed by atoms with Gasteiger partial charge in [0.25, 0.3) is 0 Å². The first-order valence-corrected chi connectivity index (χ1v) is 7.72. The normalized spacial score (nSPS) is 27.9. The van der Waals surface area contributed by atoms with Gasteiger partial charge in [-0.15, -0.1) is 0 Å². The van der Waals surface area contributed by atoms with E-state index in [0.29, 0.717) is 6.42 Å². The first kappa shape index (κ1) is 13.0.